The van der Waals surface area contributed by atoms with Gasteiger partial charge >= 0.3 is 0 Å². The van der Waals surface area contributed by atoms with E-state index in [4.69, 9.17) is 9.47 Å². The van der Waals surface area contributed by atoms with Crippen LogP contribution in [0, 0.1) is 5.82 Å². The Morgan fingerprint density at radius 2 is 1.87 bits per heavy atom. The van der Waals surface area contributed by atoms with Crippen LogP contribution in [-0.4, -0.2) is 59.6 Å². The molecule has 2 aromatic carbocycles. The largest absolute Gasteiger partial charge is 0.430 e. The molecule has 1 N–H and O–H groups in total. The minimum atomic E-state index is -0.270. The molecule has 0 radical (unpaired) electrons. The van der Waals surface area contributed by atoms with E-state index >= 15 is 0 Å². The summed E-state index contributed by atoms with van der Waals surface area (Å²) >= 11 is 1.15. The summed E-state index contributed by atoms with van der Waals surface area (Å²) in [5, 5.41) is 3.36. The van der Waals surface area contributed by atoms with Crippen LogP contribution >= 0.6 is 11.5 Å². The summed E-state index contributed by atoms with van der Waals surface area (Å²) in [4.78, 5) is 19.0. The van der Waals surface area contributed by atoms with Gasteiger partial charge in [0, 0.05) is 49.7 Å². The lowest BCUT2D eigenvalue weighted by atomic mass is 10.1. The van der Waals surface area contributed by atoms with Gasteiger partial charge in [-0.05, 0) is 42.0 Å². The van der Waals surface area contributed by atoms with Crippen LogP contribution in [0.5, 0.6) is 10.9 Å². The van der Waals surface area contributed by atoms with Crippen molar-refractivity contribution < 1.29 is 18.7 Å². The number of amides is 1. The summed E-state index contributed by atoms with van der Waals surface area (Å²) in [6.07, 6.45) is 0.504. The number of benzene rings is 2. The first-order valence-electron chi connectivity index (χ1n) is 10.1. The average molecular weight is 443 g/mol. The number of rotatable bonds is 8. The molecule has 162 valence electrons. The Morgan fingerprint density at radius 3 is 2.61 bits per heavy atom. The normalized spacial score (nSPS) is 14.4. The molecule has 9 heteroatoms. The molecule has 3 aromatic rings. The minimum Gasteiger partial charge on any atom is -0.430 e. The third-order valence-electron chi connectivity index (χ3n) is 4.86. The topological polar surface area (TPSA) is 76.6 Å². The maximum absolute atomic E-state index is 13.0. The monoisotopic (exact) mass is 442 g/mol. The molecule has 0 unspecified atom stereocenters. The number of hydrogen-bond acceptors (Lipinski definition) is 7. The van der Waals surface area contributed by atoms with Crippen molar-refractivity contribution in [2.45, 2.75) is 6.42 Å². The SMILES string of the molecule is O=C(NCCN1CCOCC1)c1ccc(Oc2nc(Cc3ccc(F)cc3)ns2)cc1. The number of morpholine rings is 1. The van der Waals surface area contributed by atoms with Crippen molar-refractivity contribution >= 4 is 17.4 Å². The fourth-order valence-electron chi connectivity index (χ4n) is 3.17. The molecule has 31 heavy (non-hydrogen) atoms. The van der Waals surface area contributed by atoms with E-state index in [-0.39, 0.29) is 11.7 Å². The number of aromatic nitrogens is 2. The zero-order valence-electron chi connectivity index (χ0n) is 16.9. The fourth-order valence-corrected chi connectivity index (χ4v) is 3.73. The van der Waals surface area contributed by atoms with Crippen molar-refractivity contribution in [3.63, 3.8) is 0 Å². The molecule has 2 heterocycles. The maximum atomic E-state index is 13.0. The van der Waals surface area contributed by atoms with Crippen LogP contribution in [0.15, 0.2) is 48.5 Å². The van der Waals surface area contributed by atoms with Gasteiger partial charge in [0.05, 0.1) is 13.2 Å². The van der Waals surface area contributed by atoms with Crippen LogP contribution in [0.2, 0.25) is 0 Å². The second kappa shape index (κ2) is 10.4. The number of hydrogen-bond donors (Lipinski definition) is 1. The van der Waals surface area contributed by atoms with Crippen LogP contribution in [-0.2, 0) is 11.2 Å². The summed E-state index contributed by atoms with van der Waals surface area (Å²) in [5.74, 6) is 0.808. The third kappa shape index (κ3) is 6.30. The molecule has 0 bridgehead atoms. The van der Waals surface area contributed by atoms with E-state index in [1.165, 1.54) is 12.1 Å². The van der Waals surface area contributed by atoms with Gasteiger partial charge in [-0.3, -0.25) is 9.69 Å². The van der Waals surface area contributed by atoms with Crippen LogP contribution in [0.1, 0.15) is 21.7 Å². The molecule has 1 saturated heterocycles. The summed E-state index contributed by atoms with van der Waals surface area (Å²) in [6, 6.07) is 13.2. The van der Waals surface area contributed by atoms with Crippen molar-refractivity contribution in [1.29, 1.82) is 0 Å². The predicted molar refractivity (Wildman–Crippen MR) is 115 cm³/mol. The second-order valence-electron chi connectivity index (χ2n) is 7.12. The fraction of sp³-hybridized carbons (Fsp3) is 0.318. The van der Waals surface area contributed by atoms with E-state index < -0.39 is 0 Å². The quantitative estimate of drug-likeness (QED) is 0.578. The Balaban J connectivity index is 1.25. The van der Waals surface area contributed by atoms with Gasteiger partial charge < -0.3 is 14.8 Å². The zero-order valence-corrected chi connectivity index (χ0v) is 17.7. The van der Waals surface area contributed by atoms with Gasteiger partial charge in [-0.15, -0.1) is 0 Å². The molecular formula is C22H23FN4O3S. The Hall–Kier alpha value is -2.88. The maximum Gasteiger partial charge on any atom is 0.298 e. The first-order valence-corrected chi connectivity index (χ1v) is 10.9. The standard InChI is InChI=1S/C22H23FN4O3S/c23-18-5-1-16(2-6-18)15-20-25-22(31-26-20)30-19-7-3-17(4-8-19)21(28)24-9-10-27-11-13-29-14-12-27/h1-8H,9-15H2,(H,24,28). The van der Waals surface area contributed by atoms with E-state index in [2.05, 4.69) is 19.6 Å². The van der Waals surface area contributed by atoms with Crippen molar-refractivity contribution in [1.82, 2.24) is 19.6 Å². The van der Waals surface area contributed by atoms with Gasteiger partial charge in [0.25, 0.3) is 11.1 Å². The molecular weight excluding hydrogens is 419 g/mol. The lowest BCUT2D eigenvalue weighted by molar-refractivity contribution is 0.0383. The van der Waals surface area contributed by atoms with Gasteiger partial charge in [0.1, 0.15) is 11.6 Å². The summed E-state index contributed by atoms with van der Waals surface area (Å²) in [6.45, 7) is 4.71. The highest BCUT2D eigenvalue weighted by Gasteiger charge is 2.12. The summed E-state index contributed by atoms with van der Waals surface area (Å²) in [5.41, 5.74) is 1.50. The smallest absolute Gasteiger partial charge is 0.298 e. The molecule has 1 amide bonds. The van der Waals surface area contributed by atoms with Crippen molar-refractivity contribution in [2.24, 2.45) is 0 Å². The molecule has 1 aliphatic heterocycles. The molecule has 4 rings (SSSR count). The number of ether oxygens (including phenoxy) is 2. The molecule has 0 saturated carbocycles. The molecule has 0 aliphatic carbocycles. The minimum absolute atomic E-state index is 0.114. The van der Waals surface area contributed by atoms with Crippen LogP contribution in [0.4, 0.5) is 4.39 Å². The van der Waals surface area contributed by atoms with Gasteiger partial charge in [-0.2, -0.15) is 9.36 Å². The first-order chi connectivity index (χ1) is 15.2. The molecule has 1 fully saturated rings. The zero-order chi connectivity index (χ0) is 21.5. The molecule has 7 nitrogen and oxygen atoms in total. The first kappa shape index (κ1) is 21.4. The van der Waals surface area contributed by atoms with Crippen molar-refractivity contribution in [3.05, 3.63) is 71.3 Å². The van der Waals surface area contributed by atoms with Crippen molar-refractivity contribution in [3.8, 4) is 10.9 Å². The Labute approximate surface area is 184 Å². The molecule has 1 aromatic heterocycles. The van der Waals surface area contributed by atoms with Crippen molar-refractivity contribution in [2.75, 3.05) is 39.4 Å². The lowest BCUT2D eigenvalue weighted by Crippen LogP contribution is -2.41. The third-order valence-corrected chi connectivity index (χ3v) is 5.50. The van der Waals surface area contributed by atoms with Crippen LogP contribution < -0.4 is 10.1 Å². The van der Waals surface area contributed by atoms with E-state index in [1.807, 2.05) is 0 Å². The van der Waals surface area contributed by atoms with E-state index in [1.54, 1.807) is 36.4 Å². The van der Waals surface area contributed by atoms with Crippen LogP contribution in [0.25, 0.3) is 0 Å². The van der Waals surface area contributed by atoms with Gasteiger partial charge in [-0.1, -0.05) is 12.1 Å². The molecule has 0 atom stereocenters. The van der Waals surface area contributed by atoms with Crippen LogP contribution in [0.3, 0.4) is 0 Å². The predicted octanol–water partition coefficient (Wildman–Crippen LogP) is 3.12. The summed E-state index contributed by atoms with van der Waals surface area (Å²) in [7, 11) is 0. The van der Waals surface area contributed by atoms with E-state index in [0.717, 1.165) is 49.9 Å². The average Bonchev–Trinajstić information content (AvgIpc) is 3.23. The highest BCUT2D eigenvalue weighted by Crippen LogP contribution is 2.24. The van der Waals surface area contributed by atoms with Gasteiger partial charge in [0.2, 0.25) is 0 Å². The number of carbonyl (C=O) groups excluding carboxylic acids is 1. The Bertz CT molecular complexity index is 989. The van der Waals surface area contributed by atoms with E-state index in [9.17, 15) is 9.18 Å². The van der Waals surface area contributed by atoms with Gasteiger partial charge in [-0.25, -0.2) is 4.39 Å². The second-order valence-corrected chi connectivity index (χ2v) is 7.83. The Kier molecular flexibility index (Phi) is 7.18. The summed E-state index contributed by atoms with van der Waals surface area (Å²) < 4.78 is 28.4. The number of nitrogens with one attached hydrogen (secondary N) is 1. The Morgan fingerprint density at radius 1 is 1.13 bits per heavy atom. The lowest BCUT2D eigenvalue weighted by Gasteiger charge is -2.26. The number of nitrogens with zero attached hydrogens (tertiary/aromatic N) is 3. The number of halogens is 1. The van der Waals surface area contributed by atoms with E-state index in [0.29, 0.717) is 35.3 Å². The molecule has 0 spiro atoms. The number of carbonyl (C=O) groups is 1. The highest BCUT2D eigenvalue weighted by molar-refractivity contribution is 7.07. The van der Waals surface area contributed by atoms with Gasteiger partial charge in [0.15, 0.2) is 5.82 Å². The highest BCUT2D eigenvalue weighted by atomic mass is 32.1. The molecule has 1 aliphatic rings.